The summed E-state index contributed by atoms with van der Waals surface area (Å²) in [5.41, 5.74) is 4.39. The van der Waals surface area contributed by atoms with Crippen molar-refractivity contribution in [2.45, 2.75) is 6.92 Å². The number of nitrogens with one attached hydrogen (secondary N) is 4. The van der Waals surface area contributed by atoms with Gasteiger partial charge in [-0.1, -0.05) is 0 Å². The SMILES string of the molecule is Cc1cnc(Nc2ccc3oc(=O)[nH]c3c2)nc1Nc1ccc2oc(=O)[nH]c2c1. The number of fused-ring (bicyclic) bond motifs is 2. The van der Waals surface area contributed by atoms with Crippen molar-refractivity contribution in [1.82, 2.24) is 19.9 Å². The van der Waals surface area contributed by atoms with Crippen LogP contribution in [0.1, 0.15) is 5.56 Å². The molecule has 144 valence electrons. The van der Waals surface area contributed by atoms with Crippen molar-refractivity contribution in [2.24, 2.45) is 0 Å². The maximum absolute atomic E-state index is 11.3. The minimum Gasteiger partial charge on any atom is -0.408 e. The van der Waals surface area contributed by atoms with Crippen LogP contribution in [0.5, 0.6) is 0 Å². The average Bonchev–Trinajstić information content (AvgIpc) is 3.24. The van der Waals surface area contributed by atoms with Gasteiger partial charge in [0, 0.05) is 23.1 Å². The van der Waals surface area contributed by atoms with E-state index >= 15 is 0 Å². The van der Waals surface area contributed by atoms with Crippen molar-refractivity contribution in [3.63, 3.8) is 0 Å². The molecule has 0 bridgehead atoms. The van der Waals surface area contributed by atoms with E-state index in [-0.39, 0.29) is 0 Å². The lowest BCUT2D eigenvalue weighted by atomic mass is 10.2. The lowest BCUT2D eigenvalue weighted by molar-refractivity contribution is 0.555. The zero-order valence-electron chi connectivity index (χ0n) is 15.1. The predicted molar refractivity (Wildman–Crippen MR) is 107 cm³/mol. The number of hydrogen-bond acceptors (Lipinski definition) is 8. The van der Waals surface area contributed by atoms with Gasteiger partial charge >= 0.3 is 11.5 Å². The van der Waals surface area contributed by atoms with Gasteiger partial charge in [0.15, 0.2) is 11.2 Å². The fourth-order valence-corrected chi connectivity index (χ4v) is 2.95. The summed E-state index contributed by atoms with van der Waals surface area (Å²) in [6.07, 6.45) is 1.69. The summed E-state index contributed by atoms with van der Waals surface area (Å²) in [7, 11) is 0. The maximum atomic E-state index is 11.3. The molecular weight excluding hydrogens is 376 g/mol. The molecule has 3 heterocycles. The Morgan fingerprint density at radius 3 is 2.07 bits per heavy atom. The third kappa shape index (κ3) is 3.23. The molecule has 0 fully saturated rings. The Labute approximate surface area is 161 Å². The Kier molecular flexibility index (Phi) is 3.69. The predicted octanol–water partition coefficient (Wildman–Crippen LogP) is 3.14. The molecule has 10 nitrogen and oxygen atoms in total. The van der Waals surface area contributed by atoms with E-state index in [9.17, 15) is 9.59 Å². The van der Waals surface area contributed by atoms with E-state index in [0.29, 0.717) is 39.7 Å². The first-order valence-corrected chi connectivity index (χ1v) is 8.67. The van der Waals surface area contributed by atoms with Crippen molar-refractivity contribution < 1.29 is 8.83 Å². The topological polar surface area (TPSA) is 142 Å². The van der Waals surface area contributed by atoms with Gasteiger partial charge in [0.1, 0.15) is 5.82 Å². The lowest BCUT2D eigenvalue weighted by Gasteiger charge is -2.11. The van der Waals surface area contributed by atoms with Gasteiger partial charge in [-0.25, -0.2) is 14.6 Å². The number of hydrogen-bond donors (Lipinski definition) is 4. The van der Waals surface area contributed by atoms with Crippen molar-refractivity contribution in [1.29, 1.82) is 0 Å². The number of benzene rings is 2. The van der Waals surface area contributed by atoms with Crippen LogP contribution in [0.15, 0.2) is 61.0 Å². The van der Waals surface area contributed by atoms with Crippen LogP contribution >= 0.6 is 0 Å². The monoisotopic (exact) mass is 390 g/mol. The Hall–Kier alpha value is -4.34. The third-order valence-electron chi connectivity index (χ3n) is 4.33. The standard InChI is InChI=1S/C19H14N6O4/c1-9-8-20-17(22-11-3-5-15-13(7-11)24-19(27)29-15)25-16(9)21-10-2-4-14-12(6-10)23-18(26)28-14/h2-8H,1H3,(H,23,26)(H,24,27)(H2,20,21,22,25). The molecule has 10 heteroatoms. The maximum Gasteiger partial charge on any atom is 0.417 e. The summed E-state index contributed by atoms with van der Waals surface area (Å²) in [4.78, 5) is 36.6. The molecule has 0 aliphatic heterocycles. The van der Waals surface area contributed by atoms with E-state index in [1.807, 2.05) is 6.92 Å². The Morgan fingerprint density at radius 1 is 0.862 bits per heavy atom. The Morgan fingerprint density at radius 2 is 1.45 bits per heavy atom. The van der Waals surface area contributed by atoms with Crippen LogP contribution in [0, 0.1) is 6.92 Å². The molecule has 0 atom stereocenters. The van der Waals surface area contributed by atoms with E-state index < -0.39 is 11.5 Å². The zero-order valence-corrected chi connectivity index (χ0v) is 15.1. The molecule has 5 aromatic rings. The van der Waals surface area contributed by atoms with Crippen molar-refractivity contribution in [3.8, 4) is 0 Å². The summed E-state index contributed by atoms with van der Waals surface area (Å²) in [5, 5.41) is 6.32. The fraction of sp³-hybridized carbons (Fsp3) is 0.0526. The second kappa shape index (κ2) is 6.37. The van der Waals surface area contributed by atoms with Gasteiger partial charge in [0.05, 0.1) is 11.0 Å². The number of nitrogens with zero attached hydrogens (tertiary/aromatic N) is 2. The van der Waals surface area contributed by atoms with Gasteiger partial charge in [-0.2, -0.15) is 4.98 Å². The van der Waals surface area contributed by atoms with Crippen LogP contribution < -0.4 is 22.1 Å². The molecule has 4 N–H and O–H groups in total. The van der Waals surface area contributed by atoms with Gasteiger partial charge in [-0.15, -0.1) is 0 Å². The fourth-order valence-electron chi connectivity index (χ4n) is 2.95. The van der Waals surface area contributed by atoms with E-state index in [1.165, 1.54) is 0 Å². The van der Waals surface area contributed by atoms with E-state index in [4.69, 9.17) is 8.83 Å². The normalized spacial score (nSPS) is 11.2. The lowest BCUT2D eigenvalue weighted by Crippen LogP contribution is -2.02. The number of anilines is 4. The molecule has 0 aliphatic carbocycles. The van der Waals surface area contributed by atoms with E-state index in [1.54, 1.807) is 42.6 Å². The molecule has 0 aliphatic rings. The summed E-state index contributed by atoms with van der Waals surface area (Å²) < 4.78 is 10.0. The summed E-state index contributed by atoms with van der Waals surface area (Å²) >= 11 is 0. The van der Waals surface area contributed by atoms with E-state index in [2.05, 4.69) is 30.6 Å². The van der Waals surface area contributed by atoms with Gasteiger partial charge in [0.2, 0.25) is 5.95 Å². The van der Waals surface area contributed by atoms with E-state index in [0.717, 1.165) is 11.3 Å². The highest BCUT2D eigenvalue weighted by atomic mass is 16.4. The molecule has 0 amide bonds. The van der Waals surface area contributed by atoms with Crippen LogP contribution in [-0.4, -0.2) is 19.9 Å². The smallest absolute Gasteiger partial charge is 0.408 e. The molecule has 0 unspecified atom stereocenters. The zero-order chi connectivity index (χ0) is 20.0. The summed E-state index contributed by atoms with van der Waals surface area (Å²) in [6.45, 7) is 1.88. The van der Waals surface area contributed by atoms with Gasteiger partial charge < -0.3 is 19.5 Å². The highest BCUT2D eigenvalue weighted by Crippen LogP contribution is 2.24. The quantitative estimate of drug-likeness (QED) is 0.367. The molecule has 29 heavy (non-hydrogen) atoms. The Balaban J connectivity index is 1.43. The summed E-state index contributed by atoms with van der Waals surface area (Å²) in [6, 6.07) is 10.4. The van der Waals surface area contributed by atoms with Gasteiger partial charge in [-0.3, -0.25) is 9.97 Å². The molecule has 0 saturated carbocycles. The Bertz CT molecular complexity index is 1480. The molecule has 0 saturated heterocycles. The van der Waals surface area contributed by atoms with Crippen molar-refractivity contribution in [2.75, 3.05) is 10.6 Å². The molecular formula is C19H14N6O4. The molecule has 0 spiro atoms. The summed E-state index contributed by atoms with van der Waals surface area (Å²) in [5.74, 6) is -0.0319. The van der Waals surface area contributed by atoms with Crippen LogP contribution in [0.3, 0.4) is 0 Å². The largest absolute Gasteiger partial charge is 0.417 e. The highest BCUT2D eigenvalue weighted by Gasteiger charge is 2.08. The first-order chi connectivity index (χ1) is 14.0. The van der Waals surface area contributed by atoms with Crippen LogP contribution in [0.25, 0.3) is 22.2 Å². The van der Waals surface area contributed by atoms with Gasteiger partial charge in [-0.05, 0) is 43.3 Å². The number of aromatic amines is 2. The first-order valence-electron chi connectivity index (χ1n) is 8.67. The first kappa shape index (κ1) is 16.8. The van der Waals surface area contributed by atoms with Crippen molar-refractivity contribution in [3.05, 3.63) is 69.3 Å². The molecule has 2 aromatic carbocycles. The van der Waals surface area contributed by atoms with Crippen LogP contribution in [0.4, 0.5) is 23.1 Å². The highest BCUT2D eigenvalue weighted by molar-refractivity contribution is 5.79. The number of rotatable bonds is 4. The van der Waals surface area contributed by atoms with Crippen molar-refractivity contribution >= 4 is 45.3 Å². The van der Waals surface area contributed by atoms with Gasteiger partial charge in [0.25, 0.3) is 0 Å². The molecule has 5 rings (SSSR count). The minimum absolute atomic E-state index is 0.376. The number of H-pyrrole nitrogens is 2. The minimum atomic E-state index is -0.508. The second-order valence-electron chi connectivity index (χ2n) is 6.43. The number of aryl methyl sites for hydroxylation is 1. The number of aromatic nitrogens is 4. The second-order valence-corrected chi connectivity index (χ2v) is 6.43. The van der Waals surface area contributed by atoms with Crippen LogP contribution in [0.2, 0.25) is 0 Å². The molecule has 3 aromatic heterocycles. The molecule has 0 radical (unpaired) electrons. The number of oxazole rings is 2. The third-order valence-corrected chi connectivity index (χ3v) is 4.33. The van der Waals surface area contributed by atoms with Crippen LogP contribution in [-0.2, 0) is 0 Å². The average molecular weight is 390 g/mol.